The van der Waals surface area contributed by atoms with Crippen molar-refractivity contribution >= 4 is 11.8 Å². The second-order valence-corrected chi connectivity index (χ2v) is 9.87. The van der Waals surface area contributed by atoms with Crippen LogP contribution >= 0.6 is 0 Å². The SMILES string of the molecule is C.C/C=C(\C)C1CC2OC2CCCC(C)C(OC)C(C)C(=O)C(C)(C)C(OC)CC(=O)O1. The van der Waals surface area contributed by atoms with Crippen LogP contribution in [0.4, 0.5) is 0 Å². The third-order valence-corrected chi connectivity index (χ3v) is 7.34. The fourth-order valence-electron chi connectivity index (χ4n) is 4.98. The summed E-state index contributed by atoms with van der Waals surface area (Å²) in [4.78, 5) is 26.3. The Bertz CT molecular complexity index is 655. The second-order valence-electron chi connectivity index (χ2n) is 9.87. The van der Waals surface area contributed by atoms with E-state index in [9.17, 15) is 9.59 Å². The average Bonchev–Trinajstić information content (AvgIpc) is 3.47. The van der Waals surface area contributed by atoms with Crippen molar-refractivity contribution in [2.75, 3.05) is 14.2 Å². The molecule has 2 aliphatic heterocycles. The zero-order valence-electron chi connectivity index (χ0n) is 20.6. The topological polar surface area (TPSA) is 74.4 Å². The number of fused-ring (bicyclic) bond motifs is 1. The van der Waals surface area contributed by atoms with Gasteiger partial charge in [0.25, 0.3) is 0 Å². The lowest BCUT2D eigenvalue weighted by Crippen LogP contribution is -2.47. The number of rotatable bonds is 3. The summed E-state index contributed by atoms with van der Waals surface area (Å²) >= 11 is 0. The molecule has 0 amide bonds. The van der Waals surface area contributed by atoms with Crippen LogP contribution in [-0.2, 0) is 28.5 Å². The van der Waals surface area contributed by atoms with Gasteiger partial charge in [-0.3, -0.25) is 9.59 Å². The predicted molar refractivity (Wildman–Crippen MR) is 126 cm³/mol. The number of ether oxygens (including phenoxy) is 4. The van der Waals surface area contributed by atoms with E-state index in [4.69, 9.17) is 18.9 Å². The van der Waals surface area contributed by atoms with Crippen molar-refractivity contribution in [1.82, 2.24) is 0 Å². The zero-order chi connectivity index (χ0) is 23.3. The summed E-state index contributed by atoms with van der Waals surface area (Å²) in [7, 11) is 3.22. The molecule has 6 nitrogen and oxygen atoms in total. The molecule has 0 bridgehead atoms. The van der Waals surface area contributed by atoms with Crippen LogP contribution in [-0.4, -0.2) is 56.5 Å². The molecule has 0 aromatic heterocycles. The zero-order valence-corrected chi connectivity index (χ0v) is 20.6. The van der Waals surface area contributed by atoms with Gasteiger partial charge >= 0.3 is 5.97 Å². The Morgan fingerprint density at radius 1 is 1.09 bits per heavy atom. The second kappa shape index (κ2) is 12.3. The predicted octanol–water partition coefficient (Wildman–Crippen LogP) is 5.13. The highest BCUT2D eigenvalue weighted by Gasteiger charge is 2.45. The van der Waals surface area contributed by atoms with Crippen molar-refractivity contribution in [3.63, 3.8) is 0 Å². The fourth-order valence-corrected chi connectivity index (χ4v) is 4.98. The van der Waals surface area contributed by atoms with Gasteiger partial charge in [-0.2, -0.15) is 0 Å². The molecule has 6 heteroatoms. The molecule has 0 radical (unpaired) electrons. The number of esters is 1. The summed E-state index contributed by atoms with van der Waals surface area (Å²) in [5, 5.41) is 0. The number of Topliss-reactive ketones (excluding diaryl/α,β-unsaturated/α-hetero) is 1. The van der Waals surface area contributed by atoms with Crippen molar-refractivity contribution in [1.29, 1.82) is 0 Å². The van der Waals surface area contributed by atoms with E-state index in [1.807, 2.05) is 40.7 Å². The largest absolute Gasteiger partial charge is 0.458 e. The van der Waals surface area contributed by atoms with Crippen LogP contribution in [0.15, 0.2) is 11.6 Å². The Hall–Kier alpha value is -1.24. The van der Waals surface area contributed by atoms with E-state index in [1.165, 1.54) is 0 Å². The summed E-state index contributed by atoms with van der Waals surface area (Å²) in [6.07, 6.45) is 4.91. The minimum absolute atomic E-state index is 0. The Morgan fingerprint density at radius 2 is 1.75 bits per heavy atom. The Balaban J connectivity index is 0.00000512. The number of ketones is 1. The van der Waals surface area contributed by atoms with Gasteiger partial charge in [-0.15, -0.1) is 0 Å². The van der Waals surface area contributed by atoms with Crippen molar-refractivity contribution < 1.29 is 28.5 Å². The molecule has 0 N–H and O–H groups in total. The van der Waals surface area contributed by atoms with Gasteiger partial charge in [-0.05, 0) is 38.2 Å². The maximum atomic E-state index is 13.5. The lowest BCUT2D eigenvalue weighted by Gasteiger charge is -2.37. The van der Waals surface area contributed by atoms with Crippen molar-refractivity contribution in [3.8, 4) is 0 Å². The van der Waals surface area contributed by atoms with Gasteiger partial charge in [0.15, 0.2) is 0 Å². The monoisotopic (exact) mass is 454 g/mol. The summed E-state index contributed by atoms with van der Waals surface area (Å²) in [5.74, 6) is -0.370. The highest BCUT2D eigenvalue weighted by atomic mass is 16.6. The van der Waals surface area contributed by atoms with E-state index in [2.05, 4.69) is 6.92 Å². The molecule has 2 aliphatic rings. The molecule has 0 aromatic carbocycles. The van der Waals surface area contributed by atoms with E-state index < -0.39 is 11.5 Å². The molecule has 186 valence electrons. The average molecular weight is 455 g/mol. The summed E-state index contributed by atoms with van der Waals surface area (Å²) in [5.41, 5.74) is 0.162. The lowest BCUT2D eigenvalue weighted by atomic mass is 9.72. The number of methoxy groups -OCH3 is 2. The molecule has 0 aliphatic carbocycles. The molecule has 0 saturated carbocycles. The summed E-state index contributed by atoms with van der Waals surface area (Å²) in [6, 6.07) is 0. The molecule has 7 unspecified atom stereocenters. The highest BCUT2D eigenvalue weighted by molar-refractivity contribution is 5.88. The van der Waals surface area contributed by atoms with Crippen LogP contribution < -0.4 is 0 Å². The maximum absolute atomic E-state index is 13.5. The molecule has 2 saturated heterocycles. The first-order valence-electron chi connectivity index (χ1n) is 11.6. The first-order valence-corrected chi connectivity index (χ1v) is 11.6. The van der Waals surface area contributed by atoms with Crippen LogP contribution in [0.1, 0.15) is 81.1 Å². The van der Waals surface area contributed by atoms with Gasteiger partial charge in [-0.1, -0.05) is 47.6 Å². The van der Waals surface area contributed by atoms with Crippen molar-refractivity contribution in [3.05, 3.63) is 11.6 Å². The van der Waals surface area contributed by atoms with Gasteiger partial charge in [0, 0.05) is 26.6 Å². The van der Waals surface area contributed by atoms with E-state index >= 15 is 0 Å². The van der Waals surface area contributed by atoms with E-state index in [0.29, 0.717) is 6.42 Å². The van der Waals surface area contributed by atoms with Gasteiger partial charge in [-0.25, -0.2) is 0 Å². The smallest absolute Gasteiger partial charge is 0.309 e. The van der Waals surface area contributed by atoms with Crippen LogP contribution in [0.3, 0.4) is 0 Å². The number of hydrogen-bond donors (Lipinski definition) is 0. The summed E-state index contributed by atoms with van der Waals surface area (Å²) in [6.45, 7) is 11.7. The Labute approximate surface area is 195 Å². The third kappa shape index (κ3) is 6.88. The first kappa shape index (κ1) is 28.8. The Morgan fingerprint density at radius 3 is 2.31 bits per heavy atom. The molecule has 7 atom stereocenters. The van der Waals surface area contributed by atoms with Crippen LogP contribution in [0, 0.1) is 17.3 Å². The quantitative estimate of drug-likeness (QED) is 0.334. The molecule has 0 spiro atoms. The van der Waals surface area contributed by atoms with Gasteiger partial charge in [0.1, 0.15) is 11.9 Å². The third-order valence-electron chi connectivity index (χ3n) is 7.34. The van der Waals surface area contributed by atoms with Gasteiger partial charge in [0.05, 0.1) is 36.3 Å². The van der Waals surface area contributed by atoms with Crippen LogP contribution in [0.25, 0.3) is 0 Å². The number of hydrogen-bond acceptors (Lipinski definition) is 6. The molecule has 0 aromatic rings. The molecular weight excluding hydrogens is 408 g/mol. The molecular formula is C26H46O6. The molecule has 2 fully saturated rings. The van der Waals surface area contributed by atoms with Crippen LogP contribution in [0.2, 0.25) is 0 Å². The minimum Gasteiger partial charge on any atom is -0.458 e. The van der Waals surface area contributed by atoms with Crippen LogP contribution in [0.5, 0.6) is 0 Å². The minimum atomic E-state index is -0.851. The molecule has 2 rings (SSSR count). The maximum Gasteiger partial charge on any atom is 0.309 e. The van der Waals surface area contributed by atoms with Crippen molar-refractivity contribution in [2.24, 2.45) is 17.3 Å². The van der Waals surface area contributed by atoms with Crippen molar-refractivity contribution in [2.45, 2.75) is 112 Å². The standard InChI is InChI=1S/C25H42O6.CH4/c1-9-15(2)19-13-20-18(30-20)12-10-11-16(3)23(29-8)17(4)24(27)25(5,6)21(28-7)14-22(26)31-19;/h9,16-21,23H,10-14H2,1-8H3;1H4/b15-9+;. The number of epoxide rings is 1. The van der Waals surface area contributed by atoms with Gasteiger partial charge in [0.2, 0.25) is 0 Å². The van der Waals surface area contributed by atoms with E-state index in [0.717, 1.165) is 24.8 Å². The number of carbonyl (C=O) groups is 2. The van der Waals surface area contributed by atoms with Gasteiger partial charge < -0.3 is 18.9 Å². The van der Waals surface area contributed by atoms with E-state index in [-0.39, 0.29) is 61.9 Å². The molecule has 32 heavy (non-hydrogen) atoms. The first-order chi connectivity index (χ1) is 14.6. The van der Waals surface area contributed by atoms with E-state index in [1.54, 1.807) is 14.2 Å². The fraction of sp³-hybridized carbons (Fsp3) is 0.846. The number of cyclic esters (lactones) is 1. The summed E-state index contributed by atoms with van der Waals surface area (Å²) < 4.78 is 23.1. The number of allylic oxidation sites excluding steroid dienone is 1. The highest BCUT2D eigenvalue weighted by Crippen LogP contribution is 2.37. The normalized spacial score (nSPS) is 37.1. The Kier molecular flexibility index (Phi) is 11.1. The lowest BCUT2D eigenvalue weighted by molar-refractivity contribution is -0.156. The number of carbonyl (C=O) groups excluding carboxylic acids is 2. The molecule has 2 heterocycles.